The molecule has 1 aliphatic heterocycles. The van der Waals surface area contributed by atoms with Crippen molar-refractivity contribution < 1.29 is 53.9 Å². The van der Waals surface area contributed by atoms with Crippen LogP contribution in [0.1, 0.15) is 43.5 Å². The molecule has 1 amide bonds. The van der Waals surface area contributed by atoms with Gasteiger partial charge in [-0.15, -0.1) is 0 Å². The van der Waals surface area contributed by atoms with E-state index in [4.69, 9.17) is 25.8 Å². The number of pyridine rings is 1. The second-order valence-corrected chi connectivity index (χ2v) is 9.86. The van der Waals surface area contributed by atoms with Gasteiger partial charge in [0.15, 0.2) is 34.5 Å². The SMILES string of the molecule is [2H]c1nc(Cc2c([2H])c(OC)c(OC)c(OC)c2[2H])nc(Cc2nc3c(c([2H])c2[2H])OC(C)(C)C(=O)N3COP(=O)([O-])[O-])c1F. The first kappa shape index (κ1) is 22.9. The molecule has 15 heteroatoms. The van der Waals surface area contributed by atoms with Gasteiger partial charge in [-0.05, 0) is 43.6 Å². The van der Waals surface area contributed by atoms with E-state index < -0.39 is 68.1 Å². The highest BCUT2D eigenvalue weighted by Crippen LogP contribution is 2.39. The van der Waals surface area contributed by atoms with Crippen molar-refractivity contribution in [2.24, 2.45) is 0 Å². The van der Waals surface area contributed by atoms with E-state index >= 15 is 4.39 Å². The van der Waals surface area contributed by atoms with E-state index in [1.165, 1.54) is 35.2 Å². The van der Waals surface area contributed by atoms with Crippen molar-refractivity contribution >= 4 is 19.5 Å². The lowest BCUT2D eigenvalue weighted by Gasteiger charge is -2.39. The van der Waals surface area contributed by atoms with Crippen molar-refractivity contribution in [3.8, 4) is 23.0 Å². The number of methoxy groups -OCH3 is 3. The molecule has 0 unspecified atom stereocenters. The summed E-state index contributed by atoms with van der Waals surface area (Å²) in [7, 11) is -1.68. The number of rotatable bonds is 10. The first-order chi connectivity index (χ1) is 20.9. The molecule has 2 aromatic heterocycles. The van der Waals surface area contributed by atoms with Crippen molar-refractivity contribution in [2.75, 3.05) is 33.0 Å². The number of phosphoric acid groups is 1. The summed E-state index contributed by atoms with van der Waals surface area (Å²) in [5.41, 5.74) is -2.44. The number of anilines is 1. The highest BCUT2D eigenvalue weighted by atomic mass is 31.2. The number of aromatic nitrogens is 3. The van der Waals surface area contributed by atoms with Gasteiger partial charge in [-0.1, -0.05) is 0 Å². The molecular formula is C25H26FN4O9P-2. The van der Waals surface area contributed by atoms with Gasteiger partial charge in [0.2, 0.25) is 5.75 Å². The number of nitrogens with zero attached hydrogens (tertiary/aromatic N) is 4. The van der Waals surface area contributed by atoms with Crippen LogP contribution in [0.25, 0.3) is 0 Å². The summed E-state index contributed by atoms with van der Waals surface area (Å²) in [6.45, 7) is 1.51. The maximum absolute atomic E-state index is 15.2. The van der Waals surface area contributed by atoms with E-state index in [1.54, 1.807) is 0 Å². The maximum atomic E-state index is 15.2. The quantitative estimate of drug-likeness (QED) is 0.317. The van der Waals surface area contributed by atoms with Gasteiger partial charge in [-0.2, -0.15) is 0 Å². The van der Waals surface area contributed by atoms with E-state index in [1.807, 2.05) is 0 Å². The zero-order valence-electron chi connectivity index (χ0n) is 26.9. The second-order valence-electron chi connectivity index (χ2n) is 8.71. The summed E-state index contributed by atoms with van der Waals surface area (Å²) in [6.07, 6.45) is -1.82. The van der Waals surface area contributed by atoms with E-state index in [0.29, 0.717) is 4.90 Å². The summed E-state index contributed by atoms with van der Waals surface area (Å²) < 4.78 is 94.0. The smallest absolute Gasteiger partial charge is 0.273 e. The average Bonchev–Trinajstić information content (AvgIpc) is 2.96. The molecule has 0 spiro atoms. The molecule has 40 heavy (non-hydrogen) atoms. The second kappa shape index (κ2) is 11.3. The molecule has 0 radical (unpaired) electrons. The van der Waals surface area contributed by atoms with E-state index in [0.717, 1.165) is 0 Å². The van der Waals surface area contributed by atoms with Crippen LogP contribution in [0.2, 0.25) is 0 Å². The van der Waals surface area contributed by atoms with Crippen LogP contribution in [-0.4, -0.2) is 54.5 Å². The fraction of sp³-hybridized carbons (Fsp3) is 0.360. The summed E-state index contributed by atoms with van der Waals surface area (Å²) in [6, 6.07) is -1.68. The molecule has 0 saturated heterocycles. The van der Waals surface area contributed by atoms with Crippen LogP contribution in [0, 0.1) is 5.82 Å². The first-order valence-electron chi connectivity index (χ1n) is 13.9. The highest BCUT2D eigenvalue weighted by Gasteiger charge is 2.42. The van der Waals surface area contributed by atoms with Gasteiger partial charge >= 0.3 is 0 Å². The summed E-state index contributed by atoms with van der Waals surface area (Å²) in [5.74, 6) is -3.21. The largest absolute Gasteiger partial charge is 0.790 e. The number of carbonyl (C=O) groups is 1. The van der Waals surface area contributed by atoms with E-state index in [2.05, 4.69) is 19.5 Å². The minimum absolute atomic E-state index is 0.00550. The van der Waals surface area contributed by atoms with Crippen molar-refractivity contribution in [1.82, 2.24) is 15.0 Å². The maximum Gasteiger partial charge on any atom is 0.273 e. The number of phosphoric ester groups is 1. The van der Waals surface area contributed by atoms with E-state index in [9.17, 15) is 19.1 Å². The summed E-state index contributed by atoms with van der Waals surface area (Å²) in [5, 5.41) is 0. The number of amides is 1. The van der Waals surface area contributed by atoms with Crippen LogP contribution in [0.3, 0.4) is 0 Å². The van der Waals surface area contributed by atoms with Crippen molar-refractivity contribution in [2.45, 2.75) is 32.3 Å². The van der Waals surface area contributed by atoms with Gasteiger partial charge in [-0.3, -0.25) is 9.69 Å². The first-order valence-corrected chi connectivity index (χ1v) is 12.9. The Bertz CT molecular complexity index is 1710. The summed E-state index contributed by atoms with van der Waals surface area (Å²) >= 11 is 0. The number of benzene rings is 1. The lowest BCUT2D eigenvalue weighted by molar-refractivity contribution is -0.341. The number of carbonyl (C=O) groups excluding carboxylic acids is 1. The van der Waals surface area contributed by atoms with Gasteiger partial charge in [0, 0.05) is 18.5 Å². The molecule has 1 aromatic carbocycles. The number of ether oxygens (including phenoxy) is 4. The third-order valence-corrected chi connectivity index (χ3v) is 5.94. The molecule has 0 bridgehead atoms. The molecule has 3 heterocycles. The Hall–Kier alpha value is -3.84. The van der Waals surface area contributed by atoms with Crippen molar-refractivity contribution in [3.05, 3.63) is 58.9 Å². The molecule has 0 fully saturated rings. The van der Waals surface area contributed by atoms with Crippen LogP contribution in [0.4, 0.5) is 10.2 Å². The molecule has 0 atom stereocenters. The zero-order valence-corrected chi connectivity index (χ0v) is 22.8. The topological polar surface area (TPSA) is 168 Å². The molecule has 4 rings (SSSR count). The van der Waals surface area contributed by atoms with Crippen LogP contribution in [-0.2, 0) is 26.7 Å². The highest BCUT2D eigenvalue weighted by molar-refractivity contribution is 7.43. The number of halogens is 1. The summed E-state index contributed by atoms with van der Waals surface area (Å²) in [4.78, 5) is 48.0. The van der Waals surface area contributed by atoms with Crippen LogP contribution in [0.5, 0.6) is 23.0 Å². The third kappa shape index (κ3) is 6.31. The number of hydrogen-bond acceptors (Lipinski definition) is 12. The Balaban J connectivity index is 1.80. The Kier molecular flexibility index (Phi) is 6.50. The van der Waals surface area contributed by atoms with Gasteiger partial charge in [0.25, 0.3) is 5.91 Å². The number of hydrogen-bond donors (Lipinski definition) is 0. The normalized spacial score (nSPS) is 16.1. The Morgan fingerprint density at radius 3 is 2.38 bits per heavy atom. The van der Waals surface area contributed by atoms with Crippen molar-refractivity contribution in [1.29, 1.82) is 0 Å². The molecule has 0 N–H and O–H groups in total. The predicted molar refractivity (Wildman–Crippen MR) is 134 cm³/mol. The van der Waals surface area contributed by atoms with Crippen LogP contribution < -0.4 is 33.6 Å². The predicted octanol–water partition coefficient (Wildman–Crippen LogP) is 1.52. The fourth-order valence-electron chi connectivity index (χ4n) is 3.70. The van der Waals surface area contributed by atoms with Gasteiger partial charge in [-0.25, -0.2) is 19.3 Å². The molecule has 0 aliphatic carbocycles. The Morgan fingerprint density at radius 1 is 1.10 bits per heavy atom. The fourth-order valence-corrected chi connectivity index (χ4v) is 3.96. The van der Waals surface area contributed by atoms with Crippen molar-refractivity contribution in [3.63, 3.8) is 0 Å². The average molecular weight is 582 g/mol. The molecule has 13 nitrogen and oxygen atoms in total. The van der Waals surface area contributed by atoms with E-state index in [-0.39, 0.29) is 58.6 Å². The zero-order chi connectivity index (χ0) is 33.6. The molecular weight excluding hydrogens is 550 g/mol. The monoisotopic (exact) mass is 581 g/mol. The molecule has 3 aromatic rings. The Morgan fingerprint density at radius 2 is 1.77 bits per heavy atom. The lowest BCUT2D eigenvalue weighted by atomic mass is 10.1. The molecule has 1 aliphatic rings. The van der Waals surface area contributed by atoms with Crippen LogP contribution in [0.15, 0.2) is 30.3 Å². The molecule has 214 valence electrons. The Labute approximate surface area is 236 Å². The standard InChI is InChI=1S/C25H28FN4O9P/c1-25(2)24(31)30(13-38-40(32,33)34)23-18(39-25)7-6-15(28-23)11-17-16(26)12-27-21(29-17)10-14-8-19(35-3)22(37-5)20(9-14)36-4/h6-9,12H,10-11,13H2,1-5H3,(H2,32,33,34)/p-2/i6D,7D,8D,9D,12D. The van der Waals surface area contributed by atoms with Crippen LogP contribution >= 0.6 is 7.82 Å². The minimum atomic E-state index is -5.55. The minimum Gasteiger partial charge on any atom is -0.790 e. The third-order valence-electron chi connectivity index (χ3n) is 5.51. The van der Waals surface area contributed by atoms with Gasteiger partial charge in [0.05, 0.1) is 47.9 Å². The number of fused-ring (bicyclic) bond motifs is 1. The van der Waals surface area contributed by atoms with Gasteiger partial charge in [0.1, 0.15) is 12.6 Å². The molecule has 0 saturated carbocycles. The van der Waals surface area contributed by atoms with Gasteiger partial charge < -0.3 is 37.8 Å². The lowest BCUT2D eigenvalue weighted by Crippen LogP contribution is -2.53.